The van der Waals surface area contributed by atoms with Crippen molar-refractivity contribution in [1.82, 2.24) is 20.2 Å². The minimum Gasteiger partial charge on any atom is -0.493 e. The lowest BCUT2D eigenvalue weighted by molar-refractivity contribution is -0.119. The molecule has 0 fully saturated rings. The quantitative estimate of drug-likeness (QED) is 0.215. The van der Waals surface area contributed by atoms with Gasteiger partial charge in [0.1, 0.15) is 12.1 Å². The predicted octanol–water partition coefficient (Wildman–Crippen LogP) is 6.25. The maximum atomic E-state index is 11.4. The molecule has 3 aromatic rings. The monoisotopic (exact) mass is 521 g/mol. The fourth-order valence-corrected chi connectivity index (χ4v) is 4.39. The Labute approximate surface area is 227 Å². The van der Waals surface area contributed by atoms with Crippen LogP contribution in [0.2, 0.25) is 0 Å². The highest BCUT2D eigenvalue weighted by atomic mass is 16.5. The minimum atomic E-state index is -0.0565. The van der Waals surface area contributed by atoms with Gasteiger partial charge < -0.3 is 25.0 Å². The summed E-state index contributed by atoms with van der Waals surface area (Å²) in [5.41, 5.74) is 2.69. The van der Waals surface area contributed by atoms with Crippen molar-refractivity contribution in [1.29, 1.82) is 0 Å². The van der Waals surface area contributed by atoms with Gasteiger partial charge in [-0.2, -0.15) is 0 Å². The molecule has 0 aliphatic rings. The highest BCUT2D eigenvalue weighted by Gasteiger charge is 2.13. The fraction of sp³-hybridized carbons (Fsp3) is 0.500. The Balaban J connectivity index is 1.71. The van der Waals surface area contributed by atoms with Crippen molar-refractivity contribution in [3.63, 3.8) is 0 Å². The molecule has 0 saturated heterocycles. The van der Waals surface area contributed by atoms with Gasteiger partial charge in [0.05, 0.1) is 25.3 Å². The number of hydrogen-bond acceptors (Lipinski definition) is 7. The van der Waals surface area contributed by atoms with E-state index < -0.39 is 0 Å². The molecule has 1 amide bonds. The van der Waals surface area contributed by atoms with E-state index in [1.807, 2.05) is 43.3 Å². The third-order valence-corrected chi connectivity index (χ3v) is 6.55. The van der Waals surface area contributed by atoms with Crippen molar-refractivity contribution in [2.24, 2.45) is 0 Å². The number of amides is 1. The third kappa shape index (κ3) is 8.58. The van der Waals surface area contributed by atoms with Crippen LogP contribution in [0.15, 0.2) is 42.7 Å². The second-order valence-corrected chi connectivity index (χ2v) is 9.66. The molecule has 1 heterocycles. The maximum Gasteiger partial charge on any atom is 0.217 e. The molecule has 38 heavy (non-hydrogen) atoms. The van der Waals surface area contributed by atoms with Crippen LogP contribution < -0.4 is 20.1 Å². The summed E-state index contributed by atoms with van der Waals surface area (Å²) >= 11 is 0. The first kappa shape index (κ1) is 29.2. The Morgan fingerprint density at radius 3 is 2.29 bits per heavy atom. The Morgan fingerprint density at radius 2 is 1.66 bits per heavy atom. The smallest absolute Gasteiger partial charge is 0.217 e. The number of hydrogen-bond donors (Lipinski definition) is 2. The van der Waals surface area contributed by atoms with Gasteiger partial charge in [-0.25, -0.2) is 9.97 Å². The van der Waals surface area contributed by atoms with Crippen LogP contribution in [0.25, 0.3) is 10.9 Å². The number of benzene rings is 2. The van der Waals surface area contributed by atoms with Gasteiger partial charge in [0.2, 0.25) is 5.91 Å². The molecule has 2 N–H and O–H groups in total. The predicted molar refractivity (Wildman–Crippen MR) is 154 cm³/mol. The molecular weight excluding hydrogens is 478 g/mol. The van der Waals surface area contributed by atoms with E-state index in [4.69, 9.17) is 9.47 Å². The lowest BCUT2D eigenvalue weighted by Crippen LogP contribution is -2.28. The normalized spacial score (nSPS) is 11.9. The maximum absolute atomic E-state index is 11.4. The Hall–Kier alpha value is -3.39. The standard InChI is InChI=1S/C30H43N5O3/c1-6-8-15-35(16-9-7-2)17-10-18-38-29-19-26-27(20-28(29)37-5)31-21-32-30(26)34-25-13-11-24(12-14-25)22(3)33-23(4)36/h11-14,19-22H,6-10,15-18H2,1-5H3,(H,33,36)(H,31,32,34)/t22-/m0/s1. The molecule has 0 aliphatic carbocycles. The Kier molecular flexibility index (Phi) is 11.6. The number of ether oxygens (including phenoxy) is 2. The number of carbonyl (C=O) groups is 1. The molecular formula is C30H43N5O3. The topological polar surface area (TPSA) is 88.6 Å². The molecule has 0 spiro atoms. The van der Waals surface area contributed by atoms with Crippen LogP contribution >= 0.6 is 0 Å². The number of fused-ring (bicyclic) bond motifs is 1. The molecule has 0 unspecified atom stereocenters. The van der Waals surface area contributed by atoms with Crippen LogP contribution in [-0.2, 0) is 4.79 Å². The molecule has 0 aliphatic heterocycles. The second-order valence-electron chi connectivity index (χ2n) is 9.66. The molecule has 8 heteroatoms. The largest absolute Gasteiger partial charge is 0.493 e. The van der Waals surface area contributed by atoms with E-state index in [9.17, 15) is 4.79 Å². The summed E-state index contributed by atoms with van der Waals surface area (Å²) in [6.45, 7) is 11.9. The highest BCUT2D eigenvalue weighted by molar-refractivity contribution is 5.93. The summed E-state index contributed by atoms with van der Waals surface area (Å²) in [5, 5.41) is 7.16. The number of unbranched alkanes of at least 4 members (excludes halogenated alkanes) is 2. The summed E-state index contributed by atoms with van der Waals surface area (Å²) in [7, 11) is 1.65. The first-order chi connectivity index (χ1) is 18.4. The summed E-state index contributed by atoms with van der Waals surface area (Å²) in [5.74, 6) is 1.99. The van der Waals surface area contributed by atoms with Gasteiger partial charge in [0.15, 0.2) is 11.5 Å². The Morgan fingerprint density at radius 1 is 0.974 bits per heavy atom. The number of aromatic nitrogens is 2. The van der Waals surface area contributed by atoms with Gasteiger partial charge in [-0.05, 0) is 63.0 Å². The van der Waals surface area contributed by atoms with Crippen molar-refractivity contribution < 1.29 is 14.3 Å². The molecule has 0 bridgehead atoms. The van der Waals surface area contributed by atoms with Gasteiger partial charge in [-0.15, -0.1) is 0 Å². The van der Waals surface area contributed by atoms with Crippen molar-refractivity contribution in [2.45, 2.75) is 65.8 Å². The molecule has 1 aromatic heterocycles. The van der Waals surface area contributed by atoms with E-state index in [-0.39, 0.29) is 11.9 Å². The van der Waals surface area contributed by atoms with Gasteiger partial charge in [0, 0.05) is 30.6 Å². The van der Waals surface area contributed by atoms with Gasteiger partial charge in [-0.3, -0.25) is 4.79 Å². The number of nitrogens with zero attached hydrogens (tertiary/aromatic N) is 3. The number of rotatable bonds is 16. The van der Waals surface area contributed by atoms with Crippen LogP contribution in [0.3, 0.4) is 0 Å². The molecule has 8 nitrogen and oxygen atoms in total. The number of anilines is 2. The van der Waals surface area contributed by atoms with Crippen molar-refractivity contribution in [2.75, 3.05) is 38.7 Å². The summed E-state index contributed by atoms with van der Waals surface area (Å²) < 4.78 is 11.8. The van der Waals surface area contributed by atoms with Crippen LogP contribution in [0.5, 0.6) is 11.5 Å². The second kappa shape index (κ2) is 15.1. The summed E-state index contributed by atoms with van der Waals surface area (Å²) in [6.07, 6.45) is 7.39. The van der Waals surface area contributed by atoms with E-state index in [0.717, 1.165) is 48.2 Å². The average Bonchev–Trinajstić information content (AvgIpc) is 2.91. The van der Waals surface area contributed by atoms with Crippen molar-refractivity contribution >= 4 is 28.3 Å². The zero-order valence-electron chi connectivity index (χ0n) is 23.5. The van der Waals surface area contributed by atoms with Crippen LogP contribution in [0.1, 0.15) is 71.4 Å². The van der Waals surface area contributed by atoms with Crippen molar-refractivity contribution in [3.8, 4) is 11.5 Å². The summed E-state index contributed by atoms with van der Waals surface area (Å²) in [6, 6.07) is 11.7. The molecule has 2 aromatic carbocycles. The Bertz CT molecular complexity index is 1140. The SMILES string of the molecule is CCCCN(CCCC)CCCOc1cc2c(Nc3ccc([C@H](C)NC(C)=O)cc3)ncnc2cc1OC. The number of nitrogens with one attached hydrogen (secondary N) is 2. The summed E-state index contributed by atoms with van der Waals surface area (Å²) in [4.78, 5) is 22.8. The van der Waals surface area contributed by atoms with E-state index in [1.165, 1.54) is 32.6 Å². The van der Waals surface area contributed by atoms with E-state index in [2.05, 4.69) is 39.3 Å². The zero-order valence-corrected chi connectivity index (χ0v) is 23.5. The lowest BCUT2D eigenvalue weighted by atomic mass is 10.1. The minimum absolute atomic E-state index is 0.0501. The average molecular weight is 522 g/mol. The zero-order chi connectivity index (χ0) is 27.3. The molecule has 1 atom stereocenters. The number of methoxy groups -OCH3 is 1. The first-order valence-corrected chi connectivity index (χ1v) is 13.8. The molecule has 206 valence electrons. The van der Waals surface area contributed by atoms with Gasteiger partial charge in [0.25, 0.3) is 0 Å². The molecule has 3 rings (SSSR count). The van der Waals surface area contributed by atoms with Gasteiger partial charge in [-0.1, -0.05) is 38.8 Å². The lowest BCUT2D eigenvalue weighted by Gasteiger charge is -2.22. The van der Waals surface area contributed by atoms with Crippen LogP contribution in [0, 0.1) is 0 Å². The van der Waals surface area contributed by atoms with E-state index in [0.29, 0.717) is 23.9 Å². The fourth-order valence-electron chi connectivity index (χ4n) is 4.39. The van der Waals surface area contributed by atoms with Crippen LogP contribution in [-0.4, -0.2) is 54.1 Å². The molecule has 0 saturated carbocycles. The van der Waals surface area contributed by atoms with Gasteiger partial charge >= 0.3 is 0 Å². The van der Waals surface area contributed by atoms with Crippen molar-refractivity contribution in [3.05, 3.63) is 48.3 Å². The van der Waals surface area contributed by atoms with Crippen LogP contribution in [0.4, 0.5) is 11.5 Å². The highest BCUT2D eigenvalue weighted by Crippen LogP contribution is 2.35. The van der Waals surface area contributed by atoms with E-state index >= 15 is 0 Å². The van der Waals surface area contributed by atoms with E-state index in [1.54, 1.807) is 13.4 Å². The molecule has 0 radical (unpaired) electrons. The first-order valence-electron chi connectivity index (χ1n) is 13.8. The third-order valence-electron chi connectivity index (χ3n) is 6.55. The number of carbonyl (C=O) groups excluding carboxylic acids is 1.